The van der Waals surface area contributed by atoms with Gasteiger partial charge in [0, 0.05) is 37.3 Å². The van der Waals surface area contributed by atoms with E-state index in [2.05, 4.69) is 10.1 Å². The van der Waals surface area contributed by atoms with Crippen molar-refractivity contribution in [1.29, 1.82) is 0 Å². The van der Waals surface area contributed by atoms with Crippen LogP contribution in [0.4, 0.5) is 22.0 Å². The molecular formula is C27H37F5N2O4S. The van der Waals surface area contributed by atoms with E-state index in [0.717, 1.165) is 16.8 Å². The molecule has 2 aromatic carbocycles. The Balaban J connectivity index is 2.00. The highest BCUT2D eigenvalue weighted by Gasteiger charge is 2.32. The number of rotatable bonds is 15. The van der Waals surface area contributed by atoms with E-state index < -0.39 is 45.4 Å². The number of unbranched alkanes of at least 4 members (excludes halogenated alkanes) is 1. The molecule has 2 rings (SSSR count). The number of nitrogens with zero attached hydrogens (tertiary/aromatic N) is 1. The van der Waals surface area contributed by atoms with Gasteiger partial charge in [-0.3, -0.25) is 0 Å². The van der Waals surface area contributed by atoms with Gasteiger partial charge >= 0.3 is 6.36 Å². The molecule has 220 valence electrons. The summed E-state index contributed by atoms with van der Waals surface area (Å²) in [5.41, 5.74) is -0.120. The Kier molecular flexibility index (Phi) is 11.7. The van der Waals surface area contributed by atoms with E-state index in [0.29, 0.717) is 31.2 Å². The second kappa shape index (κ2) is 13.9. The zero-order valence-electron chi connectivity index (χ0n) is 22.6. The third-order valence-corrected chi connectivity index (χ3v) is 8.08. The molecule has 39 heavy (non-hydrogen) atoms. The lowest BCUT2D eigenvalue weighted by Gasteiger charge is -2.29. The van der Waals surface area contributed by atoms with Crippen LogP contribution in [0.3, 0.4) is 0 Å². The third kappa shape index (κ3) is 10.7. The van der Waals surface area contributed by atoms with Crippen LogP contribution < -0.4 is 10.1 Å². The van der Waals surface area contributed by atoms with Gasteiger partial charge in [0.1, 0.15) is 17.4 Å². The van der Waals surface area contributed by atoms with Crippen molar-refractivity contribution < 1.29 is 40.2 Å². The molecule has 0 bridgehead atoms. The van der Waals surface area contributed by atoms with Crippen LogP contribution in [-0.4, -0.2) is 56.0 Å². The number of hydrogen-bond donors (Lipinski definition) is 2. The van der Waals surface area contributed by atoms with E-state index in [4.69, 9.17) is 0 Å². The highest BCUT2D eigenvalue weighted by molar-refractivity contribution is 7.89. The lowest BCUT2D eigenvalue weighted by atomic mass is 9.95. The number of halogens is 5. The average molecular weight is 581 g/mol. The number of likely N-dealkylation sites (N-methyl/N-ethyl adjacent to an activating group) is 1. The van der Waals surface area contributed by atoms with Crippen molar-refractivity contribution in [3.63, 3.8) is 0 Å². The van der Waals surface area contributed by atoms with Crippen LogP contribution in [0.15, 0.2) is 41.3 Å². The molecule has 1 atom stereocenters. The molecule has 0 spiro atoms. The van der Waals surface area contributed by atoms with Crippen molar-refractivity contribution in [2.45, 2.75) is 82.2 Å². The van der Waals surface area contributed by atoms with Crippen molar-refractivity contribution in [1.82, 2.24) is 9.62 Å². The van der Waals surface area contributed by atoms with Gasteiger partial charge in [0.05, 0.1) is 11.0 Å². The molecule has 0 aliphatic heterocycles. The van der Waals surface area contributed by atoms with Gasteiger partial charge in [0.2, 0.25) is 10.0 Å². The highest BCUT2D eigenvalue weighted by Crippen LogP contribution is 2.29. The van der Waals surface area contributed by atoms with Crippen LogP contribution >= 0.6 is 0 Å². The number of benzene rings is 2. The number of β-amino-alcohol motifs (C(OH)–C–C–N with tert-alkyl or cyclic N) is 1. The molecule has 0 radical (unpaired) electrons. The second-order valence-corrected chi connectivity index (χ2v) is 12.3. The Morgan fingerprint density at radius 3 is 2.28 bits per heavy atom. The number of aliphatic hydroxyl groups excluding tert-OH is 1. The predicted octanol–water partition coefficient (Wildman–Crippen LogP) is 5.58. The van der Waals surface area contributed by atoms with Gasteiger partial charge in [-0.15, -0.1) is 13.2 Å². The maximum atomic E-state index is 13.8. The smallest absolute Gasteiger partial charge is 0.406 e. The number of nitrogens with one attached hydrogen (secondary N) is 1. The number of hydrogen-bond acceptors (Lipinski definition) is 5. The van der Waals surface area contributed by atoms with Crippen molar-refractivity contribution in [2.75, 3.05) is 20.1 Å². The van der Waals surface area contributed by atoms with Gasteiger partial charge in [-0.05, 0) is 75.8 Å². The molecule has 0 aromatic heterocycles. The van der Waals surface area contributed by atoms with Gasteiger partial charge in [0.15, 0.2) is 0 Å². The molecule has 0 heterocycles. The maximum absolute atomic E-state index is 13.8. The normalized spacial score (nSPS) is 13.6. The molecule has 0 unspecified atom stereocenters. The van der Waals surface area contributed by atoms with Crippen LogP contribution in [0.5, 0.6) is 5.75 Å². The fourth-order valence-electron chi connectivity index (χ4n) is 4.10. The molecule has 0 amide bonds. The van der Waals surface area contributed by atoms with Crippen molar-refractivity contribution >= 4 is 10.0 Å². The summed E-state index contributed by atoms with van der Waals surface area (Å²) in [4.78, 5) is -0.362. The van der Waals surface area contributed by atoms with Crippen molar-refractivity contribution in [3.05, 3.63) is 59.2 Å². The summed E-state index contributed by atoms with van der Waals surface area (Å²) in [5, 5.41) is 13.6. The standard InChI is InChI=1S/C27H37F5N2O4S/c1-5-6-9-19-14-21(38-27(30,31)32)16-22(15-19)39(36,37)34(4)18-20(35)17-33-26(2,3)13-8-10-23-24(28)11-7-12-25(23)29/h7,11-12,14-16,20,33,35H,5-6,8-10,13,17-18H2,1-4H3/t20-/m1/s1. The van der Waals surface area contributed by atoms with Crippen molar-refractivity contribution in [2.24, 2.45) is 0 Å². The third-order valence-electron chi connectivity index (χ3n) is 6.27. The minimum absolute atomic E-state index is 0.0138. The summed E-state index contributed by atoms with van der Waals surface area (Å²) in [7, 11) is -3.01. The summed E-state index contributed by atoms with van der Waals surface area (Å²) < 4.78 is 97.2. The number of sulfonamides is 1. The molecular weight excluding hydrogens is 543 g/mol. The quantitative estimate of drug-likeness (QED) is 0.269. The summed E-state index contributed by atoms with van der Waals surface area (Å²) >= 11 is 0. The van der Waals surface area contributed by atoms with E-state index in [-0.39, 0.29) is 30.0 Å². The lowest BCUT2D eigenvalue weighted by molar-refractivity contribution is -0.274. The molecule has 6 nitrogen and oxygen atoms in total. The number of aliphatic hydroxyl groups is 1. The van der Waals surface area contributed by atoms with E-state index in [1.54, 1.807) is 0 Å². The molecule has 0 saturated carbocycles. The molecule has 0 aliphatic carbocycles. The Labute approximate surface area is 227 Å². The van der Waals surface area contributed by atoms with Gasteiger partial charge < -0.3 is 15.2 Å². The Morgan fingerprint density at radius 2 is 1.69 bits per heavy atom. The summed E-state index contributed by atoms with van der Waals surface area (Å²) in [6.45, 7) is 5.30. The Bertz CT molecular complexity index is 1170. The Morgan fingerprint density at radius 1 is 1.05 bits per heavy atom. The van der Waals surface area contributed by atoms with Gasteiger partial charge in [-0.2, -0.15) is 4.31 Å². The van der Waals surface area contributed by atoms with Crippen LogP contribution in [-0.2, 0) is 22.9 Å². The molecule has 12 heteroatoms. The minimum Gasteiger partial charge on any atom is -0.406 e. The molecule has 2 aromatic rings. The molecule has 2 N–H and O–H groups in total. The van der Waals surface area contributed by atoms with Crippen LogP contribution in [0, 0.1) is 11.6 Å². The molecule has 0 fully saturated rings. The summed E-state index contributed by atoms with van der Waals surface area (Å²) in [5.74, 6) is -1.83. The van der Waals surface area contributed by atoms with Crippen LogP contribution in [0.25, 0.3) is 0 Å². The SMILES string of the molecule is CCCCc1cc(OC(F)(F)F)cc(S(=O)(=O)N(C)C[C@H](O)CNC(C)(C)CCCc2c(F)cccc2F)c1. The molecule has 0 saturated heterocycles. The van der Waals surface area contributed by atoms with E-state index in [1.165, 1.54) is 37.4 Å². The predicted molar refractivity (Wildman–Crippen MR) is 139 cm³/mol. The van der Waals surface area contributed by atoms with E-state index in [9.17, 15) is 35.5 Å². The van der Waals surface area contributed by atoms with Crippen LogP contribution in [0.1, 0.15) is 57.6 Å². The lowest BCUT2D eigenvalue weighted by Crippen LogP contribution is -2.46. The average Bonchev–Trinajstić information content (AvgIpc) is 2.82. The first-order chi connectivity index (χ1) is 18.0. The second-order valence-electron chi connectivity index (χ2n) is 10.2. The number of alkyl halides is 3. The topological polar surface area (TPSA) is 78.9 Å². The zero-order chi connectivity index (χ0) is 29.4. The Hall–Kier alpha value is -2.28. The highest BCUT2D eigenvalue weighted by atomic mass is 32.2. The zero-order valence-corrected chi connectivity index (χ0v) is 23.4. The minimum atomic E-state index is -4.98. The largest absolute Gasteiger partial charge is 0.573 e. The number of aryl methyl sites for hydroxylation is 1. The molecule has 0 aliphatic rings. The first-order valence-corrected chi connectivity index (χ1v) is 14.2. The van der Waals surface area contributed by atoms with E-state index in [1.807, 2.05) is 20.8 Å². The maximum Gasteiger partial charge on any atom is 0.573 e. The van der Waals surface area contributed by atoms with Gasteiger partial charge in [-0.25, -0.2) is 17.2 Å². The van der Waals surface area contributed by atoms with Gasteiger partial charge in [0.25, 0.3) is 0 Å². The first kappa shape index (κ1) is 32.9. The van der Waals surface area contributed by atoms with Crippen molar-refractivity contribution in [3.8, 4) is 5.75 Å². The summed E-state index contributed by atoms with van der Waals surface area (Å²) in [6, 6.07) is 7.01. The van der Waals surface area contributed by atoms with E-state index >= 15 is 0 Å². The monoisotopic (exact) mass is 580 g/mol. The first-order valence-electron chi connectivity index (χ1n) is 12.8. The van der Waals surface area contributed by atoms with Gasteiger partial charge in [-0.1, -0.05) is 19.4 Å². The fraction of sp³-hybridized carbons (Fsp3) is 0.556. The summed E-state index contributed by atoms with van der Waals surface area (Å²) in [6.07, 6.45) is -3.13. The van der Waals surface area contributed by atoms with Crippen LogP contribution in [0.2, 0.25) is 0 Å². The fourth-order valence-corrected chi connectivity index (χ4v) is 5.39. The number of ether oxygens (including phenoxy) is 1.